The van der Waals surface area contributed by atoms with E-state index in [9.17, 15) is 0 Å². The quantitative estimate of drug-likeness (QED) is 0.613. The third kappa shape index (κ3) is 1.28. The summed E-state index contributed by atoms with van der Waals surface area (Å²) in [7, 11) is 0. The number of aromatic nitrogens is 3. The average Bonchev–Trinajstić information content (AvgIpc) is 2.80. The number of nitrogens with zero attached hydrogens (tertiary/aromatic N) is 2. The van der Waals surface area contributed by atoms with Crippen LogP contribution >= 0.6 is 11.5 Å². The summed E-state index contributed by atoms with van der Waals surface area (Å²) in [5, 5.41) is 7.83. The fourth-order valence-electron chi connectivity index (χ4n) is 1.50. The fourth-order valence-corrected chi connectivity index (χ4v) is 2.37. The molecule has 3 N–H and O–H groups in total. The monoisotopic (exact) mass is 216 g/mol. The van der Waals surface area contributed by atoms with E-state index in [1.165, 1.54) is 0 Å². The van der Waals surface area contributed by atoms with E-state index in [-0.39, 0.29) is 0 Å². The predicted molar refractivity (Wildman–Crippen MR) is 60.7 cm³/mol. The molecule has 0 atom stereocenters. The van der Waals surface area contributed by atoms with Crippen molar-refractivity contribution in [1.29, 1.82) is 0 Å². The first-order chi connectivity index (χ1) is 7.34. The molecule has 2 heterocycles. The average molecular weight is 216 g/mol. The largest absolute Gasteiger partial charge is 0.399 e. The molecule has 2 aliphatic rings. The van der Waals surface area contributed by atoms with Crippen molar-refractivity contribution in [2.24, 2.45) is 0 Å². The van der Waals surface area contributed by atoms with Gasteiger partial charge in [0, 0.05) is 5.69 Å². The van der Waals surface area contributed by atoms with E-state index in [0.29, 0.717) is 0 Å². The van der Waals surface area contributed by atoms with Gasteiger partial charge in [0.25, 0.3) is 0 Å². The van der Waals surface area contributed by atoms with Crippen LogP contribution in [0.25, 0.3) is 21.8 Å². The van der Waals surface area contributed by atoms with Crippen LogP contribution in [0.15, 0.2) is 30.5 Å². The Balaban J connectivity index is 2.15. The highest BCUT2D eigenvalue weighted by Crippen LogP contribution is 2.35. The molecule has 0 amide bonds. The maximum absolute atomic E-state index is 5.64. The zero-order chi connectivity index (χ0) is 10.3. The van der Waals surface area contributed by atoms with E-state index in [4.69, 9.17) is 5.73 Å². The van der Waals surface area contributed by atoms with Crippen molar-refractivity contribution in [3.8, 4) is 21.8 Å². The van der Waals surface area contributed by atoms with Crippen molar-refractivity contribution in [3.63, 3.8) is 0 Å². The lowest BCUT2D eigenvalue weighted by atomic mass is 10.1. The molecule has 0 bridgehead atoms. The van der Waals surface area contributed by atoms with Gasteiger partial charge < -0.3 is 5.73 Å². The molecule has 5 heteroatoms. The first kappa shape index (κ1) is 8.43. The molecule has 74 valence electrons. The summed E-state index contributed by atoms with van der Waals surface area (Å²) < 4.78 is 3.12. The maximum Gasteiger partial charge on any atom is 0.172 e. The topological polar surface area (TPSA) is 67.6 Å². The van der Waals surface area contributed by atoms with E-state index in [1.807, 2.05) is 24.3 Å². The van der Waals surface area contributed by atoms with Crippen molar-refractivity contribution >= 4 is 17.2 Å². The van der Waals surface area contributed by atoms with Gasteiger partial charge in [-0.3, -0.25) is 4.37 Å². The molecule has 15 heavy (non-hydrogen) atoms. The molecule has 0 aromatic heterocycles. The number of nitrogens with two attached hydrogens (primary N) is 1. The number of anilines is 1. The second kappa shape index (κ2) is 3.06. The van der Waals surface area contributed by atoms with Gasteiger partial charge in [0.2, 0.25) is 0 Å². The number of rotatable bonds is 1. The normalized spacial score (nSPS) is 10.9. The van der Waals surface area contributed by atoms with Crippen molar-refractivity contribution < 1.29 is 0 Å². The molecule has 0 fully saturated rings. The van der Waals surface area contributed by atoms with E-state index < -0.39 is 0 Å². The third-order valence-electron chi connectivity index (χ3n) is 2.27. The van der Waals surface area contributed by atoms with Crippen LogP contribution in [0.5, 0.6) is 0 Å². The first-order valence-corrected chi connectivity index (χ1v) is 5.31. The minimum absolute atomic E-state index is 0.772. The number of H-pyrrole nitrogens is 1. The number of nitrogens with one attached hydrogen (secondary N) is 1. The Morgan fingerprint density at radius 3 is 2.80 bits per heavy atom. The molecular formula is C10H8N4S. The van der Waals surface area contributed by atoms with Gasteiger partial charge in [0.1, 0.15) is 0 Å². The van der Waals surface area contributed by atoms with Crippen LogP contribution in [0.4, 0.5) is 5.69 Å². The number of hydrogen-bond acceptors (Lipinski definition) is 4. The van der Waals surface area contributed by atoms with Crippen LogP contribution in [0.2, 0.25) is 0 Å². The molecule has 0 spiro atoms. The van der Waals surface area contributed by atoms with Crippen LogP contribution < -0.4 is 5.73 Å². The van der Waals surface area contributed by atoms with E-state index >= 15 is 0 Å². The summed E-state index contributed by atoms with van der Waals surface area (Å²) in [5.74, 6) is 0.840. The van der Waals surface area contributed by atoms with Gasteiger partial charge in [-0.05, 0) is 17.7 Å². The van der Waals surface area contributed by atoms with Crippen LogP contribution in [0.1, 0.15) is 0 Å². The van der Waals surface area contributed by atoms with Gasteiger partial charge in [0.15, 0.2) is 5.82 Å². The van der Waals surface area contributed by atoms with E-state index in [2.05, 4.69) is 14.6 Å². The zero-order valence-electron chi connectivity index (χ0n) is 7.77. The Morgan fingerprint density at radius 1 is 1.20 bits per heavy atom. The second-order valence-corrected chi connectivity index (χ2v) is 4.08. The Morgan fingerprint density at radius 2 is 2.00 bits per heavy atom. The van der Waals surface area contributed by atoms with Gasteiger partial charge in [-0.2, -0.15) is 5.10 Å². The molecule has 0 aliphatic carbocycles. The highest BCUT2D eigenvalue weighted by atomic mass is 32.1. The summed E-state index contributed by atoms with van der Waals surface area (Å²) in [4.78, 5) is 1.15. The predicted octanol–water partition coefficient (Wildman–Crippen LogP) is 2.22. The van der Waals surface area contributed by atoms with E-state index in [0.717, 1.165) is 27.5 Å². The Kier molecular flexibility index (Phi) is 1.72. The van der Waals surface area contributed by atoms with Crippen LogP contribution in [0, 0.1) is 0 Å². The van der Waals surface area contributed by atoms with Crippen molar-refractivity contribution in [3.05, 3.63) is 30.5 Å². The summed E-state index contributed by atoms with van der Waals surface area (Å²) >= 11 is 1.56. The van der Waals surface area contributed by atoms with Gasteiger partial charge in [-0.25, -0.2) is 0 Å². The molecule has 1 aromatic rings. The smallest absolute Gasteiger partial charge is 0.172 e. The van der Waals surface area contributed by atoms with Gasteiger partial charge >= 0.3 is 0 Å². The van der Waals surface area contributed by atoms with Gasteiger partial charge in [0.05, 0.1) is 16.6 Å². The maximum atomic E-state index is 5.64. The molecular weight excluding hydrogens is 208 g/mol. The molecule has 0 radical (unpaired) electrons. The highest BCUT2D eigenvalue weighted by Gasteiger charge is 2.15. The number of benzene rings is 1. The highest BCUT2D eigenvalue weighted by molar-refractivity contribution is 7.10. The first-order valence-electron chi connectivity index (χ1n) is 4.49. The Labute approximate surface area is 90.3 Å². The van der Waals surface area contributed by atoms with Gasteiger partial charge in [-0.1, -0.05) is 23.7 Å². The summed E-state index contributed by atoms with van der Waals surface area (Å²) in [6.07, 6.45) is 1.77. The molecule has 0 saturated carbocycles. The van der Waals surface area contributed by atoms with Crippen LogP contribution in [-0.4, -0.2) is 14.6 Å². The third-order valence-corrected chi connectivity index (χ3v) is 3.22. The Bertz CT molecular complexity index is 551. The summed E-state index contributed by atoms with van der Waals surface area (Å²) in [6.45, 7) is 0. The lowest BCUT2D eigenvalue weighted by molar-refractivity contribution is 1.08. The number of fused-ring (bicyclic) bond motifs is 1. The lowest BCUT2D eigenvalue weighted by Gasteiger charge is -1.98. The SMILES string of the molecule is Nc1ccc(-c2s[nH]c3nncc2-3)cc1. The molecule has 3 rings (SSSR count). The number of hydrogen-bond donors (Lipinski definition) is 2. The molecule has 2 aliphatic heterocycles. The second-order valence-electron chi connectivity index (χ2n) is 3.26. The number of aromatic amines is 1. The van der Waals surface area contributed by atoms with Crippen molar-refractivity contribution in [2.75, 3.05) is 5.73 Å². The molecule has 4 nitrogen and oxygen atoms in total. The minimum atomic E-state index is 0.772. The van der Waals surface area contributed by atoms with Crippen LogP contribution in [0.3, 0.4) is 0 Å². The summed E-state index contributed by atoms with van der Waals surface area (Å²) in [6, 6.07) is 7.79. The van der Waals surface area contributed by atoms with Crippen molar-refractivity contribution in [2.45, 2.75) is 0 Å². The standard InChI is InChI=1S/C10H8N4S/c11-7-3-1-6(2-4-7)9-8-5-12-13-10(8)14-15-9/h1-5H,11H2,(H,13,14). The van der Waals surface area contributed by atoms with Crippen LogP contribution in [-0.2, 0) is 0 Å². The van der Waals surface area contributed by atoms with E-state index in [1.54, 1.807) is 17.7 Å². The van der Waals surface area contributed by atoms with Gasteiger partial charge in [-0.15, -0.1) is 5.10 Å². The Hall–Kier alpha value is -1.88. The minimum Gasteiger partial charge on any atom is -0.399 e. The number of nitrogen functional groups attached to an aromatic ring is 1. The lowest BCUT2D eigenvalue weighted by Crippen LogP contribution is -1.83. The molecule has 0 unspecified atom stereocenters. The molecule has 1 aromatic carbocycles. The fraction of sp³-hybridized carbons (Fsp3) is 0. The summed E-state index contributed by atoms with van der Waals surface area (Å²) in [5.41, 5.74) is 8.61. The van der Waals surface area contributed by atoms with Crippen molar-refractivity contribution in [1.82, 2.24) is 14.6 Å². The molecule has 0 saturated heterocycles. The zero-order valence-corrected chi connectivity index (χ0v) is 8.58.